The predicted molar refractivity (Wildman–Crippen MR) is 75.0 cm³/mol. The third kappa shape index (κ3) is 5.00. The zero-order valence-electron chi connectivity index (χ0n) is 11.8. The fraction of sp³-hybridized carbons (Fsp3) is 0.583. The minimum absolute atomic E-state index is 0.0168. The molecule has 0 aliphatic rings. The molecule has 0 aromatic carbocycles. The molecule has 1 aromatic heterocycles. The lowest BCUT2D eigenvalue weighted by atomic mass is 10.3. The van der Waals surface area contributed by atoms with Crippen molar-refractivity contribution in [3.05, 3.63) is 4.88 Å². The second-order valence-electron chi connectivity index (χ2n) is 4.36. The standard InChI is InChI=1S/C12H17F3N2O3S/c1-4-19-11(18)9-7(16)8(20-6(2)3)10(21-9)17-5-12(13,14)15/h6,17H,4-5,16H2,1-3H3. The molecule has 21 heavy (non-hydrogen) atoms. The number of anilines is 2. The molecule has 0 unspecified atom stereocenters. The average Bonchev–Trinajstić information content (AvgIpc) is 2.63. The van der Waals surface area contributed by atoms with Crippen LogP contribution in [-0.2, 0) is 4.74 Å². The van der Waals surface area contributed by atoms with Crippen LogP contribution < -0.4 is 15.8 Å². The molecule has 5 nitrogen and oxygen atoms in total. The van der Waals surface area contributed by atoms with Gasteiger partial charge in [-0.2, -0.15) is 13.2 Å². The van der Waals surface area contributed by atoms with Crippen molar-refractivity contribution in [2.75, 3.05) is 24.2 Å². The summed E-state index contributed by atoms with van der Waals surface area (Å²) in [7, 11) is 0. The van der Waals surface area contributed by atoms with Gasteiger partial charge >= 0.3 is 12.1 Å². The number of esters is 1. The lowest BCUT2D eigenvalue weighted by Crippen LogP contribution is -2.21. The van der Waals surface area contributed by atoms with Crippen molar-refractivity contribution in [2.24, 2.45) is 0 Å². The fourth-order valence-electron chi connectivity index (χ4n) is 1.43. The maximum atomic E-state index is 12.3. The van der Waals surface area contributed by atoms with E-state index in [4.69, 9.17) is 15.2 Å². The number of nitrogens with two attached hydrogens (primary N) is 1. The summed E-state index contributed by atoms with van der Waals surface area (Å²) in [5, 5.41) is 2.25. The van der Waals surface area contributed by atoms with Crippen LogP contribution in [0.1, 0.15) is 30.4 Å². The van der Waals surface area contributed by atoms with E-state index in [9.17, 15) is 18.0 Å². The van der Waals surface area contributed by atoms with Gasteiger partial charge in [0.05, 0.1) is 12.7 Å². The minimum Gasteiger partial charge on any atom is -0.486 e. The molecule has 0 radical (unpaired) electrons. The van der Waals surface area contributed by atoms with E-state index in [2.05, 4.69) is 5.32 Å². The van der Waals surface area contributed by atoms with E-state index in [0.29, 0.717) is 0 Å². The highest BCUT2D eigenvalue weighted by atomic mass is 32.1. The molecule has 0 aliphatic heterocycles. The summed E-state index contributed by atoms with van der Waals surface area (Å²) in [5.41, 5.74) is 5.77. The van der Waals surface area contributed by atoms with E-state index in [1.54, 1.807) is 20.8 Å². The number of nitrogens with one attached hydrogen (secondary N) is 1. The Morgan fingerprint density at radius 2 is 2.05 bits per heavy atom. The molecule has 0 fully saturated rings. The summed E-state index contributed by atoms with van der Waals surface area (Å²) >= 11 is 0.781. The first-order valence-electron chi connectivity index (χ1n) is 6.22. The van der Waals surface area contributed by atoms with Gasteiger partial charge in [0, 0.05) is 0 Å². The lowest BCUT2D eigenvalue weighted by molar-refractivity contribution is -0.115. The molecule has 9 heteroatoms. The second-order valence-corrected chi connectivity index (χ2v) is 5.38. The second kappa shape index (κ2) is 6.88. The van der Waals surface area contributed by atoms with E-state index in [0.717, 1.165) is 11.3 Å². The third-order valence-corrected chi connectivity index (χ3v) is 3.29. The number of carbonyl (C=O) groups is 1. The van der Waals surface area contributed by atoms with Crippen LogP contribution in [0.5, 0.6) is 5.75 Å². The minimum atomic E-state index is -4.39. The number of rotatable bonds is 6. The molecule has 3 N–H and O–H groups in total. The molecule has 0 amide bonds. The molecule has 0 bridgehead atoms. The van der Waals surface area contributed by atoms with Crippen LogP contribution in [0, 0.1) is 0 Å². The van der Waals surface area contributed by atoms with Crippen LogP contribution >= 0.6 is 11.3 Å². The smallest absolute Gasteiger partial charge is 0.405 e. The van der Waals surface area contributed by atoms with Crippen molar-refractivity contribution in [3.8, 4) is 5.75 Å². The Hall–Kier alpha value is -1.64. The number of alkyl halides is 3. The number of hydrogen-bond acceptors (Lipinski definition) is 6. The monoisotopic (exact) mass is 326 g/mol. The third-order valence-electron chi connectivity index (χ3n) is 2.16. The topological polar surface area (TPSA) is 73.6 Å². The molecule has 1 rings (SSSR count). The normalized spacial score (nSPS) is 11.6. The Balaban J connectivity index is 3.08. The van der Waals surface area contributed by atoms with Gasteiger partial charge < -0.3 is 20.5 Å². The number of thiophene rings is 1. The van der Waals surface area contributed by atoms with Gasteiger partial charge in [0.1, 0.15) is 22.1 Å². The molecule has 0 aliphatic carbocycles. The number of hydrogen-bond donors (Lipinski definition) is 2. The highest BCUT2D eigenvalue weighted by Gasteiger charge is 2.30. The molecule has 1 heterocycles. The Morgan fingerprint density at radius 3 is 2.52 bits per heavy atom. The quantitative estimate of drug-likeness (QED) is 0.785. The van der Waals surface area contributed by atoms with Gasteiger partial charge in [0.2, 0.25) is 0 Å². The zero-order valence-corrected chi connectivity index (χ0v) is 12.7. The Kier molecular flexibility index (Phi) is 5.70. The van der Waals surface area contributed by atoms with Crippen molar-refractivity contribution >= 4 is 28.0 Å². The van der Waals surface area contributed by atoms with Crippen LogP contribution in [0.15, 0.2) is 0 Å². The van der Waals surface area contributed by atoms with Crippen molar-refractivity contribution in [1.82, 2.24) is 0 Å². The largest absolute Gasteiger partial charge is 0.486 e. The summed E-state index contributed by atoms with van der Waals surface area (Å²) in [6.45, 7) is 3.92. The van der Waals surface area contributed by atoms with Gasteiger partial charge in [-0.3, -0.25) is 0 Å². The average molecular weight is 326 g/mol. The molecular formula is C12H17F3N2O3S. The van der Waals surface area contributed by atoms with Gasteiger partial charge in [0.25, 0.3) is 0 Å². The number of nitrogen functional groups attached to an aromatic ring is 1. The Labute approximate surface area is 124 Å². The molecule has 0 saturated heterocycles. The van der Waals surface area contributed by atoms with Crippen LogP contribution in [0.3, 0.4) is 0 Å². The number of halogens is 3. The van der Waals surface area contributed by atoms with Crippen molar-refractivity contribution < 1.29 is 27.4 Å². The van der Waals surface area contributed by atoms with Crippen molar-refractivity contribution in [1.29, 1.82) is 0 Å². The number of ether oxygens (including phenoxy) is 2. The summed E-state index contributed by atoms with van der Waals surface area (Å²) < 4.78 is 47.1. The van der Waals surface area contributed by atoms with Crippen LogP contribution in [0.2, 0.25) is 0 Å². The Bertz CT molecular complexity index is 501. The molecule has 0 atom stereocenters. The van der Waals surface area contributed by atoms with Gasteiger partial charge in [-0.25, -0.2) is 4.79 Å². The van der Waals surface area contributed by atoms with E-state index in [1.807, 2.05) is 0 Å². The fourth-order valence-corrected chi connectivity index (χ4v) is 2.37. The van der Waals surface area contributed by atoms with Gasteiger partial charge in [-0.05, 0) is 20.8 Å². The van der Waals surface area contributed by atoms with E-state index in [1.165, 1.54) is 0 Å². The first-order chi connectivity index (χ1) is 9.65. The SMILES string of the molecule is CCOC(=O)c1sc(NCC(F)(F)F)c(OC(C)C)c1N. The van der Waals surface area contributed by atoms with E-state index >= 15 is 0 Å². The first kappa shape index (κ1) is 17.4. The van der Waals surface area contributed by atoms with Crippen LogP contribution in [0.4, 0.5) is 23.9 Å². The van der Waals surface area contributed by atoms with E-state index < -0.39 is 18.7 Å². The van der Waals surface area contributed by atoms with Crippen molar-refractivity contribution in [2.45, 2.75) is 33.1 Å². The maximum Gasteiger partial charge on any atom is 0.405 e. The molecule has 1 aromatic rings. The molecule has 0 spiro atoms. The van der Waals surface area contributed by atoms with Crippen LogP contribution in [0.25, 0.3) is 0 Å². The van der Waals surface area contributed by atoms with E-state index in [-0.39, 0.29) is 34.0 Å². The van der Waals surface area contributed by atoms with Crippen LogP contribution in [-0.4, -0.2) is 31.4 Å². The molecule has 120 valence electrons. The van der Waals surface area contributed by atoms with Gasteiger partial charge in [0.15, 0.2) is 5.75 Å². The highest BCUT2D eigenvalue weighted by Crippen LogP contribution is 2.43. The van der Waals surface area contributed by atoms with Crippen molar-refractivity contribution in [3.63, 3.8) is 0 Å². The molecular weight excluding hydrogens is 309 g/mol. The number of carbonyl (C=O) groups excluding carboxylic acids is 1. The zero-order chi connectivity index (χ0) is 16.2. The summed E-state index contributed by atoms with van der Waals surface area (Å²) in [4.78, 5) is 11.7. The maximum absolute atomic E-state index is 12.3. The summed E-state index contributed by atoms with van der Waals surface area (Å²) in [5.74, 6) is -0.643. The summed E-state index contributed by atoms with van der Waals surface area (Å²) in [6.07, 6.45) is -4.69. The van der Waals surface area contributed by atoms with Gasteiger partial charge in [-0.15, -0.1) is 11.3 Å². The Morgan fingerprint density at radius 1 is 1.43 bits per heavy atom. The first-order valence-corrected chi connectivity index (χ1v) is 7.04. The lowest BCUT2D eigenvalue weighted by Gasteiger charge is -2.13. The predicted octanol–water partition coefficient (Wildman–Crippen LogP) is 3.27. The van der Waals surface area contributed by atoms with Gasteiger partial charge in [-0.1, -0.05) is 0 Å². The molecule has 0 saturated carbocycles. The highest BCUT2D eigenvalue weighted by molar-refractivity contribution is 7.19. The summed E-state index contributed by atoms with van der Waals surface area (Å²) in [6, 6.07) is 0.